The number of nitrogens with zero attached hydrogens (tertiary/aromatic N) is 1. The van der Waals surface area contributed by atoms with Crippen molar-refractivity contribution in [1.82, 2.24) is 15.8 Å². The molecule has 0 fully saturated rings. The first-order valence-corrected chi connectivity index (χ1v) is 10.8. The van der Waals surface area contributed by atoms with Gasteiger partial charge in [0.1, 0.15) is 15.6 Å². The second-order valence-corrected chi connectivity index (χ2v) is 7.78. The molecule has 2 amide bonds. The first-order chi connectivity index (χ1) is 15.5. The van der Waals surface area contributed by atoms with Crippen molar-refractivity contribution in [1.29, 1.82) is 0 Å². The van der Waals surface area contributed by atoms with Crippen molar-refractivity contribution < 1.29 is 23.8 Å². The molecule has 0 radical (unpaired) electrons. The molecule has 32 heavy (non-hydrogen) atoms. The Bertz CT molecular complexity index is 1100. The summed E-state index contributed by atoms with van der Waals surface area (Å²) in [5.41, 5.74) is 6.65. The normalized spacial score (nSPS) is 10.4. The van der Waals surface area contributed by atoms with E-state index in [-0.39, 0.29) is 0 Å². The number of carbonyl (C=O) groups excluding carboxylic acids is 2. The molecule has 0 aliphatic heterocycles. The minimum Gasteiger partial charge on any atom is -0.497 e. The molecule has 0 spiro atoms. The number of methoxy groups -OCH3 is 2. The fraction of sp³-hybridized carbons (Fsp3) is 0.261. The van der Waals surface area contributed by atoms with Crippen LogP contribution in [-0.2, 0) is 0 Å². The summed E-state index contributed by atoms with van der Waals surface area (Å²) in [6.07, 6.45) is 0.856. The van der Waals surface area contributed by atoms with E-state index in [2.05, 4.69) is 15.8 Å². The number of aromatic nitrogens is 1. The molecule has 0 saturated heterocycles. The Hall–Kier alpha value is -3.59. The number of carbonyl (C=O) groups is 2. The van der Waals surface area contributed by atoms with Crippen LogP contribution in [0.15, 0.2) is 42.5 Å². The molecule has 0 aliphatic rings. The molecule has 0 unspecified atom stereocenters. The number of aryl methyl sites for hydroxylation is 1. The molecular weight excluding hydrogens is 430 g/mol. The highest BCUT2D eigenvalue weighted by Gasteiger charge is 2.18. The summed E-state index contributed by atoms with van der Waals surface area (Å²) in [4.78, 5) is 30.0. The van der Waals surface area contributed by atoms with Gasteiger partial charge >= 0.3 is 0 Å². The highest BCUT2D eigenvalue weighted by Crippen LogP contribution is 2.30. The number of rotatable bonds is 8. The summed E-state index contributed by atoms with van der Waals surface area (Å²) >= 11 is 1.25. The molecule has 0 bridgehead atoms. The lowest BCUT2D eigenvalue weighted by Crippen LogP contribution is -2.41. The van der Waals surface area contributed by atoms with Crippen LogP contribution in [0.3, 0.4) is 0 Å². The smallest absolute Gasteiger partial charge is 0.281 e. The van der Waals surface area contributed by atoms with Crippen LogP contribution in [0.5, 0.6) is 17.2 Å². The van der Waals surface area contributed by atoms with Gasteiger partial charge in [-0.1, -0.05) is 6.92 Å². The van der Waals surface area contributed by atoms with Gasteiger partial charge in [0.25, 0.3) is 11.8 Å². The van der Waals surface area contributed by atoms with Gasteiger partial charge in [-0.25, -0.2) is 4.98 Å². The number of hydrogen-bond acceptors (Lipinski definition) is 7. The van der Waals surface area contributed by atoms with E-state index >= 15 is 0 Å². The Morgan fingerprint density at radius 1 is 0.969 bits per heavy atom. The van der Waals surface area contributed by atoms with Crippen LogP contribution in [-0.4, -0.2) is 37.6 Å². The number of ether oxygens (including phenoxy) is 3. The SMILES string of the molecule is CCCOc1ccc(C(=O)NNC(=O)c2sc(-c3ccc(OC)cc3)nc2C)cc1OC. The summed E-state index contributed by atoms with van der Waals surface area (Å²) in [5.74, 6) is 0.824. The quantitative estimate of drug-likeness (QED) is 0.498. The van der Waals surface area contributed by atoms with Gasteiger partial charge in [-0.3, -0.25) is 20.4 Å². The van der Waals surface area contributed by atoms with Gasteiger partial charge in [0.2, 0.25) is 0 Å². The number of nitrogens with one attached hydrogen (secondary N) is 2. The Labute approximate surface area is 190 Å². The van der Waals surface area contributed by atoms with E-state index in [9.17, 15) is 9.59 Å². The largest absolute Gasteiger partial charge is 0.497 e. The fourth-order valence-corrected chi connectivity index (χ4v) is 3.81. The minimum atomic E-state index is -0.476. The molecule has 0 saturated carbocycles. The molecular formula is C23H25N3O5S. The molecule has 1 heterocycles. The Morgan fingerprint density at radius 3 is 2.34 bits per heavy atom. The van der Waals surface area contributed by atoms with Crippen molar-refractivity contribution in [2.75, 3.05) is 20.8 Å². The van der Waals surface area contributed by atoms with Gasteiger partial charge < -0.3 is 14.2 Å². The van der Waals surface area contributed by atoms with E-state index in [1.165, 1.54) is 18.4 Å². The van der Waals surface area contributed by atoms with Gasteiger partial charge in [0, 0.05) is 11.1 Å². The van der Waals surface area contributed by atoms with Gasteiger partial charge in [-0.2, -0.15) is 0 Å². The number of hydrogen-bond donors (Lipinski definition) is 2. The molecule has 1 aromatic heterocycles. The Balaban J connectivity index is 1.66. The molecule has 168 valence electrons. The molecule has 2 N–H and O–H groups in total. The highest BCUT2D eigenvalue weighted by molar-refractivity contribution is 7.17. The fourth-order valence-electron chi connectivity index (χ4n) is 2.85. The standard InChI is InChI=1S/C23H25N3O5S/c1-5-12-31-18-11-8-16(13-19(18)30-4)21(27)25-26-22(28)20-14(2)24-23(32-20)15-6-9-17(29-3)10-7-15/h6-11,13H,5,12H2,1-4H3,(H,25,27)(H,26,28). The predicted octanol–water partition coefficient (Wildman–Crippen LogP) is 4.00. The van der Waals surface area contributed by atoms with E-state index in [0.717, 1.165) is 17.7 Å². The van der Waals surface area contributed by atoms with Crippen molar-refractivity contribution in [3.8, 4) is 27.8 Å². The second-order valence-electron chi connectivity index (χ2n) is 6.78. The highest BCUT2D eigenvalue weighted by atomic mass is 32.1. The van der Waals surface area contributed by atoms with Gasteiger partial charge in [0.15, 0.2) is 11.5 Å². The number of hydrazine groups is 1. The van der Waals surface area contributed by atoms with Crippen LogP contribution in [0.2, 0.25) is 0 Å². The first kappa shape index (κ1) is 23.1. The van der Waals surface area contributed by atoms with Crippen LogP contribution < -0.4 is 25.1 Å². The predicted molar refractivity (Wildman–Crippen MR) is 123 cm³/mol. The monoisotopic (exact) mass is 455 g/mol. The topological polar surface area (TPSA) is 98.8 Å². The Morgan fingerprint density at radius 2 is 1.69 bits per heavy atom. The van der Waals surface area contributed by atoms with E-state index in [1.807, 2.05) is 31.2 Å². The van der Waals surface area contributed by atoms with Gasteiger partial charge in [-0.05, 0) is 55.8 Å². The molecule has 8 nitrogen and oxygen atoms in total. The van der Waals surface area contributed by atoms with Crippen LogP contribution in [0, 0.1) is 6.92 Å². The zero-order chi connectivity index (χ0) is 23.1. The lowest BCUT2D eigenvalue weighted by molar-refractivity contribution is 0.0848. The van der Waals surface area contributed by atoms with E-state index in [4.69, 9.17) is 14.2 Å². The van der Waals surface area contributed by atoms with Gasteiger partial charge in [0.05, 0.1) is 26.5 Å². The maximum atomic E-state index is 12.6. The summed E-state index contributed by atoms with van der Waals surface area (Å²) < 4.78 is 16.1. The lowest BCUT2D eigenvalue weighted by atomic mass is 10.2. The van der Waals surface area contributed by atoms with Crippen LogP contribution >= 0.6 is 11.3 Å². The summed E-state index contributed by atoms with van der Waals surface area (Å²) in [6, 6.07) is 12.3. The zero-order valence-corrected chi connectivity index (χ0v) is 19.2. The van der Waals surface area contributed by atoms with Gasteiger partial charge in [-0.15, -0.1) is 11.3 Å². The van der Waals surface area contributed by atoms with Crippen LogP contribution in [0.25, 0.3) is 10.6 Å². The molecule has 3 aromatic rings. The van der Waals surface area contributed by atoms with Crippen LogP contribution in [0.4, 0.5) is 0 Å². The second kappa shape index (κ2) is 10.6. The van der Waals surface area contributed by atoms with E-state index < -0.39 is 11.8 Å². The third-order valence-corrected chi connectivity index (χ3v) is 5.72. The summed E-state index contributed by atoms with van der Waals surface area (Å²) in [6.45, 7) is 4.30. The van der Waals surface area contributed by atoms with Crippen molar-refractivity contribution in [2.45, 2.75) is 20.3 Å². The van der Waals surface area contributed by atoms with Crippen molar-refractivity contribution in [2.24, 2.45) is 0 Å². The average molecular weight is 456 g/mol. The number of benzene rings is 2. The average Bonchev–Trinajstić information content (AvgIpc) is 3.22. The number of amides is 2. The van der Waals surface area contributed by atoms with E-state index in [1.54, 1.807) is 32.2 Å². The van der Waals surface area contributed by atoms with Crippen molar-refractivity contribution >= 4 is 23.2 Å². The molecule has 0 atom stereocenters. The molecule has 2 aromatic carbocycles. The van der Waals surface area contributed by atoms with E-state index in [0.29, 0.717) is 39.2 Å². The third-order valence-electron chi connectivity index (χ3n) is 4.52. The third kappa shape index (κ3) is 5.36. The Kier molecular flexibility index (Phi) is 7.67. The maximum Gasteiger partial charge on any atom is 0.281 e. The molecule has 9 heteroatoms. The van der Waals surface area contributed by atoms with Crippen molar-refractivity contribution in [3.63, 3.8) is 0 Å². The maximum absolute atomic E-state index is 12.6. The van der Waals surface area contributed by atoms with Crippen molar-refractivity contribution in [3.05, 3.63) is 58.6 Å². The minimum absolute atomic E-state index is 0.325. The number of thiazole rings is 1. The first-order valence-electron chi connectivity index (χ1n) is 10.00. The summed E-state index contributed by atoms with van der Waals surface area (Å²) in [5, 5.41) is 0.703. The zero-order valence-electron chi connectivity index (χ0n) is 18.4. The van der Waals surface area contributed by atoms with Crippen LogP contribution in [0.1, 0.15) is 39.1 Å². The molecule has 3 rings (SSSR count). The molecule has 0 aliphatic carbocycles. The summed E-state index contributed by atoms with van der Waals surface area (Å²) in [7, 11) is 3.11. The lowest BCUT2D eigenvalue weighted by Gasteiger charge is -2.12.